The molecule has 4 heteroatoms. The SMILES string of the molecule is COC(C)(C)CCOCCC(C)(C)C(=O)O. The Morgan fingerprint density at radius 2 is 1.62 bits per heavy atom. The Bertz CT molecular complexity index is 221. The summed E-state index contributed by atoms with van der Waals surface area (Å²) in [6.07, 6.45) is 1.33. The lowest BCUT2D eigenvalue weighted by Gasteiger charge is -2.23. The number of hydrogen-bond acceptors (Lipinski definition) is 3. The Morgan fingerprint density at radius 3 is 2.06 bits per heavy atom. The standard InChI is InChI=1S/C12H24O4/c1-11(2,10(13)14)6-8-16-9-7-12(3,4)15-5/h6-9H2,1-5H3,(H,13,14). The van der Waals surface area contributed by atoms with Crippen LogP contribution in [0.3, 0.4) is 0 Å². The topological polar surface area (TPSA) is 55.8 Å². The van der Waals surface area contributed by atoms with Crippen molar-refractivity contribution in [2.75, 3.05) is 20.3 Å². The number of carbonyl (C=O) groups is 1. The van der Waals surface area contributed by atoms with Gasteiger partial charge in [0, 0.05) is 20.3 Å². The monoisotopic (exact) mass is 232 g/mol. The van der Waals surface area contributed by atoms with E-state index in [1.165, 1.54) is 0 Å². The van der Waals surface area contributed by atoms with Crippen LogP contribution < -0.4 is 0 Å². The summed E-state index contributed by atoms with van der Waals surface area (Å²) >= 11 is 0. The zero-order chi connectivity index (χ0) is 12.8. The van der Waals surface area contributed by atoms with Gasteiger partial charge in [-0.2, -0.15) is 0 Å². The van der Waals surface area contributed by atoms with Gasteiger partial charge in [-0.3, -0.25) is 4.79 Å². The van der Waals surface area contributed by atoms with Crippen molar-refractivity contribution < 1.29 is 19.4 Å². The molecule has 0 aromatic rings. The molecule has 0 bridgehead atoms. The van der Waals surface area contributed by atoms with Gasteiger partial charge in [0.1, 0.15) is 0 Å². The summed E-state index contributed by atoms with van der Waals surface area (Å²) < 4.78 is 10.7. The quantitative estimate of drug-likeness (QED) is 0.652. The molecule has 0 atom stereocenters. The maximum absolute atomic E-state index is 10.8. The van der Waals surface area contributed by atoms with Gasteiger partial charge < -0.3 is 14.6 Å². The van der Waals surface area contributed by atoms with Crippen LogP contribution in [-0.4, -0.2) is 37.0 Å². The minimum Gasteiger partial charge on any atom is -0.481 e. The fraction of sp³-hybridized carbons (Fsp3) is 0.917. The lowest BCUT2D eigenvalue weighted by molar-refractivity contribution is -0.148. The van der Waals surface area contributed by atoms with Crippen LogP contribution in [0.4, 0.5) is 0 Å². The maximum Gasteiger partial charge on any atom is 0.309 e. The van der Waals surface area contributed by atoms with E-state index in [-0.39, 0.29) is 5.60 Å². The van der Waals surface area contributed by atoms with Crippen LogP contribution in [0, 0.1) is 5.41 Å². The van der Waals surface area contributed by atoms with E-state index < -0.39 is 11.4 Å². The van der Waals surface area contributed by atoms with Crippen molar-refractivity contribution in [3.8, 4) is 0 Å². The molecule has 0 rings (SSSR count). The van der Waals surface area contributed by atoms with Crippen molar-refractivity contribution in [2.45, 2.75) is 46.1 Å². The molecular weight excluding hydrogens is 208 g/mol. The Labute approximate surface area is 97.9 Å². The van der Waals surface area contributed by atoms with Gasteiger partial charge in [-0.25, -0.2) is 0 Å². The second kappa shape index (κ2) is 6.21. The lowest BCUT2D eigenvalue weighted by Crippen LogP contribution is -2.27. The average molecular weight is 232 g/mol. The molecule has 96 valence electrons. The van der Waals surface area contributed by atoms with Crippen LogP contribution in [0.2, 0.25) is 0 Å². The van der Waals surface area contributed by atoms with Crippen molar-refractivity contribution in [1.29, 1.82) is 0 Å². The molecule has 0 aliphatic rings. The van der Waals surface area contributed by atoms with Crippen LogP contribution in [-0.2, 0) is 14.3 Å². The van der Waals surface area contributed by atoms with Crippen molar-refractivity contribution in [3.63, 3.8) is 0 Å². The highest BCUT2D eigenvalue weighted by Crippen LogP contribution is 2.20. The molecule has 0 spiro atoms. The highest BCUT2D eigenvalue weighted by molar-refractivity contribution is 5.73. The van der Waals surface area contributed by atoms with E-state index in [1.807, 2.05) is 13.8 Å². The smallest absolute Gasteiger partial charge is 0.309 e. The molecular formula is C12H24O4. The average Bonchev–Trinajstić information content (AvgIpc) is 2.16. The number of methoxy groups -OCH3 is 1. The highest BCUT2D eigenvalue weighted by Gasteiger charge is 2.26. The number of aliphatic carboxylic acids is 1. The number of hydrogen-bond donors (Lipinski definition) is 1. The summed E-state index contributed by atoms with van der Waals surface area (Å²) in [5.41, 5.74) is -0.890. The normalized spacial score (nSPS) is 12.8. The van der Waals surface area contributed by atoms with E-state index in [4.69, 9.17) is 14.6 Å². The predicted molar refractivity (Wildman–Crippen MR) is 62.6 cm³/mol. The van der Waals surface area contributed by atoms with Crippen molar-refractivity contribution in [2.24, 2.45) is 5.41 Å². The Morgan fingerprint density at radius 1 is 1.12 bits per heavy atom. The summed E-state index contributed by atoms with van der Waals surface area (Å²) in [6, 6.07) is 0. The van der Waals surface area contributed by atoms with Gasteiger partial charge in [-0.05, 0) is 40.5 Å². The molecule has 0 aliphatic carbocycles. The highest BCUT2D eigenvalue weighted by atomic mass is 16.5. The summed E-state index contributed by atoms with van der Waals surface area (Å²) in [4.78, 5) is 10.8. The van der Waals surface area contributed by atoms with E-state index in [0.29, 0.717) is 19.6 Å². The molecule has 0 amide bonds. The van der Waals surface area contributed by atoms with E-state index in [0.717, 1.165) is 6.42 Å². The number of carboxylic acid groups (broad SMARTS) is 1. The summed E-state index contributed by atoms with van der Waals surface area (Å²) in [6.45, 7) is 8.47. The van der Waals surface area contributed by atoms with Gasteiger partial charge in [-0.15, -0.1) is 0 Å². The summed E-state index contributed by atoms with van der Waals surface area (Å²) in [7, 11) is 1.67. The molecule has 0 aromatic heterocycles. The summed E-state index contributed by atoms with van der Waals surface area (Å²) in [5.74, 6) is -0.784. The van der Waals surface area contributed by atoms with Crippen LogP contribution in [0.1, 0.15) is 40.5 Å². The van der Waals surface area contributed by atoms with Crippen molar-refractivity contribution in [1.82, 2.24) is 0 Å². The first-order valence-electron chi connectivity index (χ1n) is 5.57. The molecule has 0 heterocycles. The number of ether oxygens (including phenoxy) is 2. The number of carboxylic acids is 1. The van der Waals surface area contributed by atoms with E-state index in [9.17, 15) is 4.79 Å². The molecule has 0 saturated carbocycles. The minimum absolute atomic E-state index is 0.178. The van der Waals surface area contributed by atoms with Gasteiger partial charge in [0.15, 0.2) is 0 Å². The van der Waals surface area contributed by atoms with Crippen molar-refractivity contribution in [3.05, 3.63) is 0 Å². The number of rotatable bonds is 8. The zero-order valence-corrected chi connectivity index (χ0v) is 11.0. The molecule has 0 saturated heterocycles. The van der Waals surface area contributed by atoms with E-state index in [1.54, 1.807) is 21.0 Å². The largest absolute Gasteiger partial charge is 0.481 e. The molecule has 0 fully saturated rings. The first kappa shape index (κ1) is 15.4. The van der Waals surface area contributed by atoms with Gasteiger partial charge in [0.25, 0.3) is 0 Å². The van der Waals surface area contributed by atoms with Crippen LogP contribution in [0.5, 0.6) is 0 Å². The first-order chi connectivity index (χ1) is 7.21. The molecule has 1 N–H and O–H groups in total. The molecule has 0 radical (unpaired) electrons. The molecule has 0 unspecified atom stereocenters. The lowest BCUT2D eigenvalue weighted by atomic mass is 9.90. The second-order valence-electron chi connectivity index (χ2n) is 5.27. The fourth-order valence-electron chi connectivity index (χ4n) is 0.956. The molecule has 4 nitrogen and oxygen atoms in total. The Hall–Kier alpha value is -0.610. The van der Waals surface area contributed by atoms with Gasteiger partial charge >= 0.3 is 5.97 Å². The third-order valence-electron chi connectivity index (χ3n) is 2.85. The van der Waals surface area contributed by atoms with Gasteiger partial charge in [-0.1, -0.05) is 0 Å². The summed E-state index contributed by atoms with van der Waals surface area (Å²) in [5, 5.41) is 8.89. The van der Waals surface area contributed by atoms with Crippen LogP contribution >= 0.6 is 0 Å². The van der Waals surface area contributed by atoms with E-state index in [2.05, 4.69) is 0 Å². The molecule has 16 heavy (non-hydrogen) atoms. The van der Waals surface area contributed by atoms with E-state index >= 15 is 0 Å². The Kier molecular flexibility index (Phi) is 5.97. The minimum atomic E-state index is -0.784. The molecule has 0 aromatic carbocycles. The second-order valence-corrected chi connectivity index (χ2v) is 5.27. The molecule has 0 aliphatic heterocycles. The maximum atomic E-state index is 10.8. The Balaban J connectivity index is 3.66. The van der Waals surface area contributed by atoms with Crippen molar-refractivity contribution >= 4 is 5.97 Å². The predicted octanol–water partition coefficient (Wildman–Crippen LogP) is 2.32. The fourth-order valence-corrected chi connectivity index (χ4v) is 0.956. The van der Waals surface area contributed by atoms with Gasteiger partial charge in [0.2, 0.25) is 0 Å². The van der Waals surface area contributed by atoms with Crippen LogP contribution in [0.15, 0.2) is 0 Å². The zero-order valence-electron chi connectivity index (χ0n) is 11.0. The third-order valence-corrected chi connectivity index (χ3v) is 2.85. The third kappa shape index (κ3) is 6.08. The van der Waals surface area contributed by atoms with Gasteiger partial charge in [0.05, 0.1) is 11.0 Å². The van der Waals surface area contributed by atoms with Crippen LogP contribution in [0.25, 0.3) is 0 Å². The first-order valence-corrected chi connectivity index (χ1v) is 5.57.